The zero-order chi connectivity index (χ0) is 13.2. The Labute approximate surface area is 110 Å². The van der Waals surface area contributed by atoms with Crippen molar-refractivity contribution < 1.29 is 5.11 Å². The van der Waals surface area contributed by atoms with Crippen LogP contribution in [0.3, 0.4) is 0 Å². The number of nitrogens with zero attached hydrogens (tertiary/aromatic N) is 2. The van der Waals surface area contributed by atoms with Crippen LogP contribution < -0.4 is 5.73 Å². The smallest absolute Gasteiger partial charge is 0.100 e. The SMILES string of the molecule is Nc1cc2[nH]nc(-c3ccncc3)c2cc1CCO. The molecule has 0 spiro atoms. The quantitative estimate of drug-likeness (QED) is 0.621. The molecule has 3 rings (SSSR count). The van der Waals surface area contributed by atoms with Crippen LogP contribution in [0.2, 0.25) is 0 Å². The number of H-pyrrole nitrogens is 1. The highest BCUT2D eigenvalue weighted by molar-refractivity contribution is 5.95. The lowest BCUT2D eigenvalue weighted by molar-refractivity contribution is 0.300. The molecular weight excluding hydrogens is 240 g/mol. The van der Waals surface area contributed by atoms with Crippen LogP contribution in [0.25, 0.3) is 22.2 Å². The van der Waals surface area contributed by atoms with Crippen LogP contribution >= 0.6 is 0 Å². The van der Waals surface area contributed by atoms with Gasteiger partial charge in [0.05, 0.1) is 5.52 Å². The molecule has 1 aromatic carbocycles. The minimum absolute atomic E-state index is 0.0815. The number of hydrogen-bond donors (Lipinski definition) is 3. The van der Waals surface area contributed by atoms with Gasteiger partial charge in [0.15, 0.2) is 0 Å². The number of pyridine rings is 1. The third-order valence-corrected chi connectivity index (χ3v) is 3.16. The van der Waals surface area contributed by atoms with Crippen molar-refractivity contribution in [1.29, 1.82) is 0 Å². The standard InChI is InChI=1S/C14H14N4O/c15-12-8-13-11(7-10(12)3-6-19)14(18-17-13)9-1-4-16-5-2-9/h1-2,4-5,7-8,19H,3,6,15H2,(H,17,18). The summed E-state index contributed by atoms with van der Waals surface area (Å²) in [5.41, 5.74) is 10.3. The Morgan fingerprint density at radius 2 is 2.00 bits per heavy atom. The zero-order valence-electron chi connectivity index (χ0n) is 10.3. The molecule has 0 atom stereocenters. The molecule has 3 aromatic rings. The van der Waals surface area contributed by atoms with Crippen LogP contribution in [0.5, 0.6) is 0 Å². The minimum Gasteiger partial charge on any atom is -0.398 e. The Balaban J connectivity index is 2.19. The number of rotatable bonds is 3. The molecule has 0 aliphatic rings. The van der Waals surface area contributed by atoms with Gasteiger partial charge < -0.3 is 10.8 Å². The molecule has 2 aromatic heterocycles. The summed E-state index contributed by atoms with van der Waals surface area (Å²) in [5.74, 6) is 0. The number of aliphatic hydroxyl groups is 1. The Hall–Kier alpha value is -2.40. The van der Waals surface area contributed by atoms with Gasteiger partial charge in [0, 0.05) is 35.6 Å². The van der Waals surface area contributed by atoms with Crippen LogP contribution in [0, 0.1) is 0 Å². The largest absolute Gasteiger partial charge is 0.398 e. The van der Waals surface area contributed by atoms with Gasteiger partial charge in [0.1, 0.15) is 5.69 Å². The summed E-state index contributed by atoms with van der Waals surface area (Å²) < 4.78 is 0. The average Bonchev–Trinajstić information content (AvgIpc) is 2.83. The second-order valence-electron chi connectivity index (χ2n) is 4.38. The van der Waals surface area contributed by atoms with Gasteiger partial charge in [-0.05, 0) is 36.2 Å². The first-order chi connectivity index (χ1) is 9.29. The van der Waals surface area contributed by atoms with Crippen molar-refractivity contribution in [2.75, 3.05) is 12.3 Å². The van der Waals surface area contributed by atoms with Gasteiger partial charge in [-0.2, -0.15) is 5.10 Å². The molecule has 0 unspecified atom stereocenters. The molecule has 0 aliphatic heterocycles. The topological polar surface area (TPSA) is 87.8 Å². The second-order valence-corrected chi connectivity index (χ2v) is 4.38. The molecule has 0 amide bonds. The molecule has 0 fully saturated rings. The summed E-state index contributed by atoms with van der Waals surface area (Å²) >= 11 is 0. The first-order valence-electron chi connectivity index (χ1n) is 6.07. The molecule has 96 valence electrons. The van der Waals surface area contributed by atoms with E-state index in [1.807, 2.05) is 24.3 Å². The predicted octanol–water partition coefficient (Wildman–Crippen LogP) is 1.74. The van der Waals surface area contributed by atoms with E-state index in [9.17, 15) is 0 Å². The predicted molar refractivity (Wildman–Crippen MR) is 74.5 cm³/mol. The van der Waals surface area contributed by atoms with E-state index in [1.54, 1.807) is 12.4 Å². The van der Waals surface area contributed by atoms with Gasteiger partial charge in [0.25, 0.3) is 0 Å². The first kappa shape index (κ1) is 11.7. The number of anilines is 1. The van der Waals surface area contributed by atoms with E-state index in [2.05, 4.69) is 15.2 Å². The van der Waals surface area contributed by atoms with Crippen LogP contribution in [0.1, 0.15) is 5.56 Å². The molecule has 0 bridgehead atoms. The molecule has 0 radical (unpaired) electrons. The normalized spacial score (nSPS) is 11.0. The van der Waals surface area contributed by atoms with Crippen molar-refractivity contribution in [2.45, 2.75) is 6.42 Å². The lowest BCUT2D eigenvalue weighted by Crippen LogP contribution is -1.97. The summed E-state index contributed by atoms with van der Waals surface area (Å²) in [6.07, 6.45) is 4.02. The fourth-order valence-corrected chi connectivity index (χ4v) is 2.19. The average molecular weight is 254 g/mol. The number of hydrogen-bond acceptors (Lipinski definition) is 4. The lowest BCUT2D eigenvalue weighted by Gasteiger charge is -2.04. The molecule has 4 N–H and O–H groups in total. The van der Waals surface area contributed by atoms with Gasteiger partial charge in [-0.1, -0.05) is 0 Å². The Kier molecular flexibility index (Phi) is 2.89. The number of fused-ring (bicyclic) bond motifs is 1. The molecule has 5 nitrogen and oxygen atoms in total. The number of nitrogens with one attached hydrogen (secondary N) is 1. The Morgan fingerprint density at radius 3 is 2.74 bits per heavy atom. The van der Waals surface area contributed by atoms with E-state index in [-0.39, 0.29) is 6.61 Å². The number of nitrogen functional groups attached to an aromatic ring is 1. The number of aliphatic hydroxyl groups excluding tert-OH is 1. The van der Waals surface area contributed by atoms with Crippen molar-refractivity contribution in [3.63, 3.8) is 0 Å². The van der Waals surface area contributed by atoms with Gasteiger partial charge >= 0.3 is 0 Å². The van der Waals surface area contributed by atoms with E-state index < -0.39 is 0 Å². The van der Waals surface area contributed by atoms with Gasteiger partial charge in [-0.3, -0.25) is 10.1 Å². The van der Waals surface area contributed by atoms with Crippen LogP contribution in [-0.4, -0.2) is 26.9 Å². The van der Waals surface area contributed by atoms with E-state index in [1.165, 1.54) is 0 Å². The lowest BCUT2D eigenvalue weighted by atomic mass is 10.0. The van der Waals surface area contributed by atoms with Crippen molar-refractivity contribution >= 4 is 16.6 Å². The van der Waals surface area contributed by atoms with Crippen molar-refractivity contribution in [3.8, 4) is 11.3 Å². The number of aromatic nitrogens is 3. The molecule has 19 heavy (non-hydrogen) atoms. The van der Waals surface area contributed by atoms with E-state index >= 15 is 0 Å². The maximum absolute atomic E-state index is 9.07. The van der Waals surface area contributed by atoms with Crippen molar-refractivity contribution in [3.05, 3.63) is 42.2 Å². The number of benzene rings is 1. The van der Waals surface area contributed by atoms with Crippen molar-refractivity contribution in [1.82, 2.24) is 15.2 Å². The Morgan fingerprint density at radius 1 is 1.21 bits per heavy atom. The summed E-state index contributed by atoms with van der Waals surface area (Å²) in [5, 5.41) is 17.4. The highest BCUT2D eigenvalue weighted by Gasteiger charge is 2.10. The van der Waals surface area contributed by atoms with Crippen LogP contribution in [-0.2, 0) is 6.42 Å². The van der Waals surface area contributed by atoms with Crippen LogP contribution in [0.15, 0.2) is 36.7 Å². The molecule has 0 saturated heterocycles. The summed E-state index contributed by atoms with van der Waals surface area (Å²) in [6.45, 7) is 0.0815. The van der Waals surface area contributed by atoms with E-state index in [0.717, 1.165) is 27.7 Å². The molecule has 5 heteroatoms. The molecule has 0 aliphatic carbocycles. The maximum Gasteiger partial charge on any atom is 0.100 e. The fourth-order valence-electron chi connectivity index (χ4n) is 2.19. The Bertz CT molecular complexity index is 706. The third-order valence-electron chi connectivity index (χ3n) is 3.16. The van der Waals surface area contributed by atoms with Crippen LogP contribution in [0.4, 0.5) is 5.69 Å². The maximum atomic E-state index is 9.07. The third kappa shape index (κ3) is 2.04. The van der Waals surface area contributed by atoms with E-state index in [4.69, 9.17) is 10.8 Å². The highest BCUT2D eigenvalue weighted by Crippen LogP contribution is 2.29. The zero-order valence-corrected chi connectivity index (χ0v) is 10.3. The fraction of sp³-hybridized carbons (Fsp3) is 0.143. The second kappa shape index (κ2) is 4.70. The molecule has 0 saturated carbocycles. The number of aromatic amines is 1. The molecular formula is C14H14N4O. The van der Waals surface area contributed by atoms with Gasteiger partial charge in [-0.15, -0.1) is 0 Å². The minimum atomic E-state index is 0.0815. The van der Waals surface area contributed by atoms with E-state index in [0.29, 0.717) is 12.1 Å². The first-order valence-corrected chi connectivity index (χ1v) is 6.07. The summed E-state index contributed by atoms with van der Waals surface area (Å²) in [6, 6.07) is 7.67. The summed E-state index contributed by atoms with van der Waals surface area (Å²) in [7, 11) is 0. The highest BCUT2D eigenvalue weighted by atomic mass is 16.2. The monoisotopic (exact) mass is 254 g/mol. The van der Waals surface area contributed by atoms with Crippen molar-refractivity contribution in [2.24, 2.45) is 0 Å². The van der Waals surface area contributed by atoms with Gasteiger partial charge in [-0.25, -0.2) is 0 Å². The molecule has 2 heterocycles. The van der Waals surface area contributed by atoms with Gasteiger partial charge in [0.2, 0.25) is 0 Å². The number of nitrogens with two attached hydrogens (primary N) is 1. The summed E-state index contributed by atoms with van der Waals surface area (Å²) in [4.78, 5) is 4.01.